The molecule has 0 radical (unpaired) electrons. The minimum Gasteiger partial charge on any atom is -0.482 e. The van der Waals surface area contributed by atoms with Crippen LogP contribution in [0.4, 0.5) is 4.79 Å². The number of imide groups is 1. The van der Waals surface area contributed by atoms with E-state index < -0.39 is 24.0 Å². The normalized spacial score (nSPS) is 11.5. The molecule has 0 aliphatic carbocycles. The molecule has 0 fully saturated rings. The Bertz CT molecular complexity index is 744. The van der Waals surface area contributed by atoms with Crippen molar-refractivity contribution >= 4 is 28.7 Å². The van der Waals surface area contributed by atoms with Gasteiger partial charge >= 0.3 is 12.0 Å². The van der Waals surface area contributed by atoms with Crippen LogP contribution >= 0.6 is 0 Å². The van der Waals surface area contributed by atoms with Crippen LogP contribution in [0.3, 0.4) is 0 Å². The first-order valence-corrected chi connectivity index (χ1v) is 6.87. The molecule has 23 heavy (non-hydrogen) atoms. The van der Waals surface area contributed by atoms with Crippen LogP contribution in [-0.4, -0.2) is 30.6 Å². The van der Waals surface area contributed by atoms with Crippen LogP contribution in [0.1, 0.15) is 6.92 Å². The number of rotatable bonds is 5. The minimum absolute atomic E-state index is 0.355. The van der Waals surface area contributed by atoms with Crippen molar-refractivity contribution in [2.45, 2.75) is 13.0 Å². The number of benzene rings is 2. The molecule has 2 aromatic carbocycles. The van der Waals surface area contributed by atoms with Gasteiger partial charge in [0.1, 0.15) is 5.75 Å². The number of nitrogens with two attached hydrogens (primary N) is 1. The molecular weight excluding hydrogens is 300 g/mol. The third-order valence-electron chi connectivity index (χ3n) is 3.00. The molecule has 7 heteroatoms. The largest absolute Gasteiger partial charge is 0.482 e. The number of primary amides is 1. The first kappa shape index (κ1) is 16.3. The molecule has 0 heterocycles. The predicted molar refractivity (Wildman–Crippen MR) is 82.7 cm³/mol. The highest BCUT2D eigenvalue weighted by Crippen LogP contribution is 2.20. The molecular formula is C16H16N2O5. The molecule has 2 rings (SSSR count). The standard InChI is InChI=1S/C16H16N2O5/c1-10(15(20)18-16(17)21)23-14(19)9-22-13-7-6-11-4-2-3-5-12(11)8-13/h2-8,10H,9H2,1H3,(H3,17,18,20,21)/t10-/m1/s1. The molecule has 2 aromatic rings. The Morgan fingerprint density at radius 3 is 2.52 bits per heavy atom. The molecule has 0 aromatic heterocycles. The van der Waals surface area contributed by atoms with Gasteiger partial charge in [0.25, 0.3) is 5.91 Å². The maximum Gasteiger partial charge on any atom is 0.344 e. The third kappa shape index (κ3) is 4.70. The summed E-state index contributed by atoms with van der Waals surface area (Å²) in [7, 11) is 0. The molecule has 0 spiro atoms. The lowest BCUT2D eigenvalue weighted by Gasteiger charge is -2.12. The first-order chi connectivity index (χ1) is 11.0. The Labute approximate surface area is 132 Å². The zero-order valence-corrected chi connectivity index (χ0v) is 12.4. The van der Waals surface area contributed by atoms with E-state index in [1.165, 1.54) is 6.92 Å². The minimum atomic E-state index is -1.14. The highest BCUT2D eigenvalue weighted by atomic mass is 16.6. The molecule has 0 aliphatic rings. The van der Waals surface area contributed by atoms with E-state index in [1.54, 1.807) is 12.1 Å². The molecule has 0 bridgehead atoms. The van der Waals surface area contributed by atoms with Gasteiger partial charge in [-0.1, -0.05) is 30.3 Å². The van der Waals surface area contributed by atoms with Crippen molar-refractivity contribution in [2.75, 3.05) is 6.61 Å². The van der Waals surface area contributed by atoms with Crippen molar-refractivity contribution in [2.24, 2.45) is 5.73 Å². The number of amides is 3. The van der Waals surface area contributed by atoms with E-state index in [2.05, 4.69) is 0 Å². The van der Waals surface area contributed by atoms with E-state index in [4.69, 9.17) is 15.2 Å². The Balaban J connectivity index is 1.88. The summed E-state index contributed by atoms with van der Waals surface area (Å²) in [6.45, 7) is 0.971. The summed E-state index contributed by atoms with van der Waals surface area (Å²) in [5, 5.41) is 3.86. The van der Waals surface area contributed by atoms with Gasteiger partial charge in [0.05, 0.1) is 0 Å². The number of hydrogen-bond donors (Lipinski definition) is 2. The van der Waals surface area contributed by atoms with Gasteiger partial charge in [0, 0.05) is 0 Å². The average molecular weight is 316 g/mol. The average Bonchev–Trinajstić information content (AvgIpc) is 2.52. The molecule has 7 nitrogen and oxygen atoms in total. The topological polar surface area (TPSA) is 108 Å². The number of hydrogen-bond acceptors (Lipinski definition) is 5. The second-order valence-electron chi connectivity index (χ2n) is 4.78. The number of carbonyl (C=O) groups is 3. The molecule has 120 valence electrons. The van der Waals surface area contributed by atoms with Gasteiger partial charge in [0.15, 0.2) is 12.7 Å². The lowest BCUT2D eigenvalue weighted by Crippen LogP contribution is -2.42. The molecule has 0 saturated heterocycles. The number of fused-ring (bicyclic) bond motifs is 1. The van der Waals surface area contributed by atoms with Gasteiger partial charge in [-0.25, -0.2) is 9.59 Å². The summed E-state index contributed by atoms with van der Waals surface area (Å²) in [5.74, 6) is -1.02. The zero-order chi connectivity index (χ0) is 16.8. The van der Waals surface area contributed by atoms with Crippen LogP contribution < -0.4 is 15.8 Å². The van der Waals surface area contributed by atoms with Crippen LogP contribution in [0.25, 0.3) is 10.8 Å². The van der Waals surface area contributed by atoms with Crippen LogP contribution in [0.2, 0.25) is 0 Å². The number of urea groups is 1. The van der Waals surface area contributed by atoms with Crippen molar-refractivity contribution < 1.29 is 23.9 Å². The van der Waals surface area contributed by atoms with Gasteiger partial charge in [-0.3, -0.25) is 10.1 Å². The van der Waals surface area contributed by atoms with Crippen molar-refractivity contribution in [3.8, 4) is 5.75 Å². The fourth-order valence-corrected chi connectivity index (χ4v) is 1.91. The summed E-state index contributed by atoms with van der Waals surface area (Å²) in [5.41, 5.74) is 4.81. The summed E-state index contributed by atoms with van der Waals surface area (Å²) >= 11 is 0. The van der Waals surface area contributed by atoms with Crippen molar-refractivity contribution in [1.82, 2.24) is 5.32 Å². The van der Waals surface area contributed by atoms with E-state index in [0.717, 1.165) is 10.8 Å². The van der Waals surface area contributed by atoms with Crippen LogP contribution in [0.5, 0.6) is 5.75 Å². The monoisotopic (exact) mass is 316 g/mol. The lowest BCUT2D eigenvalue weighted by molar-refractivity contribution is -0.156. The highest BCUT2D eigenvalue weighted by molar-refractivity contribution is 5.96. The quantitative estimate of drug-likeness (QED) is 0.809. The Kier molecular flexibility index (Phi) is 5.14. The summed E-state index contributed by atoms with van der Waals surface area (Å²) in [6, 6.07) is 12.1. The Morgan fingerprint density at radius 1 is 1.13 bits per heavy atom. The maximum absolute atomic E-state index is 11.6. The molecule has 3 amide bonds. The lowest BCUT2D eigenvalue weighted by atomic mass is 10.1. The van der Waals surface area contributed by atoms with Crippen molar-refractivity contribution in [3.05, 3.63) is 42.5 Å². The number of carbonyl (C=O) groups excluding carboxylic acids is 3. The number of ether oxygens (including phenoxy) is 2. The van der Waals surface area contributed by atoms with Gasteiger partial charge in [-0.2, -0.15) is 0 Å². The SMILES string of the molecule is C[C@@H](OC(=O)COc1ccc2ccccc2c1)C(=O)NC(N)=O. The second kappa shape index (κ2) is 7.26. The summed E-state index contributed by atoms with van der Waals surface area (Å²) in [6.07, 6.45) is -1.14. The summed E-state index contributed by atoms with van der Waals surface area (Å²) < 4.78 is 10.2. The zero-order valence-electron chi connectivity index (χ0n) is 12.4. The fraction of sp³-hybridized carbons (Fsp3) is 0.188. The molecule has 0 saturated carbocycles. The molecule has 3 N–H and O–H groups in total. The van der Waals surface area contributed by atoms with Crippen LogP contribution in [-0.2, 0) is 14.3 Å². The first-order valence-electron chi connectivity index (χ1n) is 6.87. The number of esters is 1. The van der Waals surface area contributed by atoms with Crippen LogP contribution in [0, 0.1) is 0 Å². The highest BCUT2D eigenvalue weighted by Gasteiger charge is 2.19. The Hall–Kier alpha value is -3.09. The second-order valence-corrected chi connectivity index (χ2v) is 4.78. The van der Waals surface area contributed by atoms with Gasteiger partial charge in [0.2, 0.25) is 0 Å². The van der Waals surface area contributed by atoms with E-state index in [9.17, 15) is 14.4 Å². The van der Waals surface area contributed by atoms with E-state index >= 15 is 0 Å². The Morgan fingerprint density at radius 2 is 1.83 bits per heavy atom. The molecule has 0 unspecified atom stereocenters. The summed E-state index contributed by atoms with van der Waals surface area (Å²) in [4.78, 5) is 33.6. The van der Waals surface area contributed by atoms with Crippen molar-refractivity contribution in [3.63, 3.8) is 0 Å². The number of nitrogens with one attached hydrogen (secondary N) is 1. The van der Waals surface area contributed by atoms with E-state index in [0.29, 0.717) is 5.75 Å². The van der Waals surface area contributed by atoms with Gasteiger partial charge in [-0.05, 0) is 29.8 Å². The van der Waals surface area contributed by atoms with E-state index in [-0.39, 0.29) is 6.61 Å². The van der Waals surface area contributed by atoms with Crippen LogP contribution in [0.15, 0.2) is 42.5 Å². The smallest absolute Gasteiger partial charge is 0.344 e. The van der Waals surface area contributed by atoms with Crippen molar-refractivity contribution in [1.29, 1.82) is 0 Å². The van der Waals surface area contributed by atoms with E-state index in [1.807, 2.05) is 35.6 Å². The third-order valence-corrected chi connectivity index (χ3v) is 3.00. The molecule has 1 atom stereocenters. The van der Waals surface area contributed by atoms with Gasteiger partial charge in [-0.15, -0.1) is 0 Å². The predicted octanol–water partition coefficient (Wildman–Crippen LogP) is 1.35. The van der Waals surface area contributed by atoms with Gasteiger partial charge < -0.3 is 15.2 Å². The maximum atomic E-state index is 11.6. The molecule has 0 aliphatic heterocycles. The fourth-order valence-electron chi connectivity index (χ4n) is 1.91.